The van der Waals surface area contributed by atoms with Crippen LogP contribution in [0.4, 0.5) is 5.69 Å². The Hall–Kier alpha value is -3.67. The monoisotopic (exact) mass is 484 g/mol. The molecule has 2 N–H and O–H groups in total. The largest absolute Gasteiger partial charge is 0.455 e. The van der Waals surface area contributed by atoms with Crippen LogP contribution in [0.15, 0.2) is 64.2 Å². The van der Waals surface area contributed by atoms with Crippen LogP contribution >= 0.6 is 11.3 Å². The van der Waals surface area contributed by atoms with Gasteiger partial charge in [-0.25, -0.2) is 8.42 Å². The van der Waals surface area contributed by atoms with Crippen LogP contribution in [0.1, 0.15) is 31.8 Å². The second kappa shape index (κ2) is 9.06. The molecule has 11 heteroatoms. The number of amides is 1. The molecule has 0 atom stereocenters. The third-order valence-electron chi connectivity index (χ3n) is 4.74. The number of carbonyl (C=O) groups is 4. The van der Waals surface area contributed by atoms with Gasteiger partial charge < -0.3 is 10.1 Å². The summed E-state index contributed by atoms with van der Waals surface area (Å²) < 4.78 is 30.9. The van der Waals surface area contributed by atoms with Crippen molar-refractivity contribution in [1.82, 2.24) is 4.72 Å². The number of anilines is 1. The highest BCUT2D eigenvalue weighted by Gasteiger charge is 2.29. The molecule has 0 aliphatic heterocycles. The second-order valence-corrected chi connectivity index (χ2v) is 9.87. The summed E-state index contributed by atoms with van der Waals surface area (Å²) in [5.74, 6) is -2.25. The van der Waals surface area contributed by atoms with Gasteiger partial charge in [-0.1, -0.05) is 30.3 Å². The molecular weight excluding hydrogens is 468 g/mol. The quantitative estimate of drug-likeness (QED) is 0.383. The molecule has 1 aliphatic carbocycles. The number of nitrogens with one attached hydrogen (secondary N) is 2. The van der Waals surface area contributed by atoms with Crippen LogP contribution in [-0.4, -0.2) is 45.0 Å². The van der Waals surface area contributed by atoms with Gasteiger partial charge in [-0.05, 0) is 29.6 Å². The Morgan fingerprint density at radius 2 is 1.55 bits per heavy atom. The van der Waals surface area contributed by atoms with E-state index in [-0.39, 0.29) is 38.2 Å². The SMILES string of the molecule is O=C(COC(=O)CNS(=O)(=O)c1cccs1)Nc1ccc2c(c1)C(=O)c1ccccc1C2=O. The van der Waals surface area contributed by atoms with Crippen molar-refractivity contribution in [2.24, 2.45) is 0 Å². The highest BCUT2D eigenvalue weighted by Crippen LogP contribution is 2.29. The third-order valence-corrected chi connectivity index (χ3v) is 7.54. The number of hydrogen-bond acceptors (Lipinski definition) is 8. The molecule has 2 aromatic carbocycles. The number of esters is 1. The van der Waals surface area contributed by atoms with Gasteiger partial charge in [0.2, 0.25) is 0 Å². The fraction of sp³-hybridized carbons (Fsp3) is 0.0909. The Bertz CT molecular complexity index is 1380. The average Bonchev–Trinajstić information content (AvgIpc) is 3.36. The van der Waals surface area contributed by atoms with Crippen LogP contribution in [0, 0.1) is 0 Å². The first-order chi connectivity index (χ1) is 15.8. The van der Waals surface area contributed by atoms with Crippen LogP contribution in [0.3, 0.4) is 0 Å². The predicted octanol–water partition coefficient (Wildman–Crippen LogP) is 1.98. The van der Waals surface area contributed by atoms with Crippen molar-refractivity contribution in [2.45, 2.75) is 4.21 Å². The summed E-state index contributed by atoms with van der Waals surface area (Å²) in [4.78, 5) is 49.3. The number of carbonyl (C=O) groups excluding carboxylic acids is 4. The number of sulfonamides is 1. The van der Waals surface area contributed by atoms with E-state index in [9.17, 15) is 27.6 Å². The minimum absolute atomic E-state index is 0.0519. The molecule has 33 heavy (non-hydrogen) atoms. The van der Waals surface area contributed by atoms with E-state index in [0.29, 0.717) is 5.56 Å². The van der Waals surface area contributed by atoms with Crippen molar-refractivity contribution in [3.63, 3.8) is 0 Å². The van der Waals surface area contributed by atoms with Crippen molar-refractivity contribution in [1.29, 1.82) is 0 Å². The summed E-state index contributed by atoms with van der Waals surface area (Å²) in [6.45, 7) is -1.30. The van der Waals surface area contributed by atoms with E-state index in [1.54, 1.807) is 35.7 Å². The molecule has 0 saturated heterocycles. The van der Waals surface area contributed by atoms with Crippen molar-refractivity contribution in [2.75, 3.05) is 18.5 Å². The predicted molar refractivity (Wildman–Crippen MR) is 119 cm³/mol. The number of ketones is 2. The summed E-state index contributed by atoms with van der Waals surface area (Å²) in [5.41, 5.74) is 1.26. The Morgan fingerprint density at radius 3 is 2.21 bits per heavy atom. The first-order valence-corrected chi connectivity index (χ1v) is 11.9. The molecule has 1 aliphatic rings. The maximum atomic E-state index is 12.8. The lowest BCUT2D eigenvalue weighted by Crippen LogP contribution is -2.32. The number of rotatable bonds is 7. The van der Waals surface area contributed by atoms with Crippen LogP contribution in [0.2, 0.25) is 0 Å². The van der Waals surface area contributed by atoms with Gasteiger partial charge in [0.05, 0.1) is 0 Å². The van der Waals surface area contributed by atoms with Crippen LogP contribution in [-0.2, 0) is 24.3 Å². The molecule has 4 rings (SSSR count). The Labute approximate surface area is 192 Å². The zero-order chi connectivity index (χ0) is 23.6. The second-order valence-electron chi connectivity index (χ2n) is 6.93. The van der Waals surface area contributed by atoms with Crippen molar-refractivity contribution in [3.8, 4) is 0 Å². The summed E-state index contributed by atoms with van der Waals surface area (Å²) in [5, 5.41) is 4.07. The van der Waals surface area contributed by atoms with E-state index in [1.807, 2.05) is 0 Å². The molecule has 168 valence electrons. The summed E-state index contributed by atoms with van der Waals surface area (Å²) >= 11 is 0.996. The lowest BCUT2D eigenvalue weighted by molar-refractivity contribution is -0.146. The van der Waals surface area contributed by atoms with Crippen molar-refractivity contribution < 1.29 is 32.3 Å². The molecule has 0 saturated carbocycles. The Kier molecular flexibility index (Phi) is 6.18. The molecule has 0 unspecified atom stereocenters. The molecular formula is C22H16N2O7S2. The number of thiophene rings is 1. The van der Waals surface area contributed by atoms with Crippen LogP contribution in [0.5, 0.6) is 0 Å². The maximum absolute atomic E-state index is 12.8. The Balaban J connectivity index is 1.34. The van der Waals surface area contributed by atoms with E-state index >= 15 is 0 Å². The molecule has 1 aromatic heterocycles. The average molecular weight is 485 g/mol. The van der Waals surface area contributed by atoms with E-state index in [0.717, 1.165) is 11.3 Å². The smallest absolute Gasteiger partial charge is 0.321 e. The highest BCUT2D eigenvalue weighted by atomic mass is 32.2. The summed E-state index contributed by atoms with van der Waals surface area (Å²) in [6, 6.07) is 13.7. The lowest BCUT2D eigenvalue weighted by atomic mass is 9.84. The van der Waals surface area contributed by atoms with Gasteiger partial charge >= 0.3 is 5.97 Å². The van der Waals surface area contributed by atoms with Gasteiger partial charge in [-0.3, -0.25) is 19.2 Å². The number of benzene rings is 2. The molecule has 1 heterocycles. The number of ether oxygens (including phenoxy) is 1. The van der Waals surface area contributed by atoms with Gasteiger partial charge in [0.1, 0.15) is 10.8 Å². The molecule has 3 aromatic rings. The zero-order valence-electron chi connectivity index (χ0n) is 16.9. The standard InChI is InChI=1S/C22H16N2O7S2/c25-18(12-31-19(26)11-23-33(29,30)20-6-3-9-32-20)24-13-7-8-16-17(10-13)22(28)15-5-2-1-4-14(15)21(16)27/h1-10,23H,11-12H2,(H,24,25). The normalized spacial score (nSPS) is 12.6. The minimum Gasteiger partial charge on any atom is -0.455 e. The first kappa shape index (κ1) is 22.5. The van der Waals surface area contributed by atoms with E-state index in [4.69, 9.17) is 4.74 Å². The van der Waals surface area contributed by atoms with Gasteiger partial charge in [0, 0.05) is 27.9 Å². The third kappa shape index (κ3) is 4.75. The molecule has 0 fully saturated rings. The first-order valence-electron chi connectivity index (χ1n) is 9.57. The van der Waals surface area contributed by atoms with Gasteiger partial charge in [0.15, 0.2) is 18.2 Å². The zero-order valence-corrected chi connectivity index (χ0v) is 18.5. The fourth-order valence-electron chi connectivity index (χ4n) is 3.21. The van der Waals surface area contributed by atoms with E-state index in [2.05, 4.69) is 10.0 Å². The minimum atomic E-state index is -3.83. The van der Waals surface area contributed by atoms with Crippen molar-refractivity contribution in [3.05, 3.63) is 82.2 Å². The number of fused-ring (bicyclic) bond motifs is 2. The van der Waals surface area contributed by atoms with Crippen LogP contribution < -0.4 is 10.0 Å². The molecule has 9 nitrogen and oxygen atoms in total. The van der Waals surface area contributed by atoms with E-state index in [1.165, 1.54) is 24.3 Å². The maximum Gasteiger partial charge on any atom is 0.321 e. The fourth-order valence-corrected chi connectivity index (χ4v) is 5.22. The van der Waals surface area contributed by atoms with Gasteiger partial charge in [0.25, 0.3) is 15.9 Å². The van der Waals surface area contributed by atoms with Crippen LogP contribution in [0.25, 0.3) is 0 Å². The molecule has 0 spiro atoms. The van der Waals surface area contributed by atoms with Crippen molar-refractivity contribution >= 4 is 50.5 Å². The highest BCUT2D eigenvalue weighted by molar-refractivity contribution is 7.91. The van der Waals surface area contributed by atoms with Gasteiger partial charge in [-0.15, -0.1) is 11.3 Å². The summed E-state index contributed by atoms with van der Waals surface area (Å²) in [7, 11) is -3.83. The lowest BCUT2D eigenvalue weighted by Gasteiger charge is -2.18. The topological polar surface area (TPSA) is 136 Å². The number of hydrogen-bond donors (Lipinski definition) is 2. The Morgan fingerprint density at radius 1 is 0.879 bits per heavy atom. The van der Waals surface area contributed by atoms with E-state index < -0.39 is 35.1 Å². The molecule has 0 radical (unpaired) electrons. The summed E-state index contributed by atoms with van der Waals surface area (Å²) in [6.07, 6.45) is 0. The molecule has 0 bridgehead atoms. The molecule has 1 amide bonds. The van der Waals surface area contributed by atoms with Gasteiger partial charge in [-0.2, -0.15) is 4.72 Å².